The highest BCUT2D eigenvalue weighted by Gasteiger charge is 2.30. The fraction of sp³-hybridized carbons (Fsp3) is 0.650. The van der Waals surface area contributed by atoms with Crippen LogP contribution >= 0.6 is 11.3 Å². The van der Waals surface area contributed by atoms with Crippen LogP contribution in [0.4, 0.5) is 5.82 Å². The van der Waals surface area contributed by atoms with Crippen molar-refractivity contribution >= 4 is 33.3 Å². The summed E-state index contributed by atoms with van der Waals surface area (Å²) in [7, 11) is 0. The lowest BCUT2D eigenvalue weighted by atomic mass is 10.1. The zero-order valence-corrected chi connectivity index (χ0v) is 17.6. The summed E-state index contributed by atoms with van der Waals surface area (Å²) in [6.45, 7) is 10.3. The minimum atomic E-state index is -0.279. The van der Waals surface area contributed by atoms with Crippen molar-refractivity contribution in [2.24, 2.45) is 5.92 Å². The van der Waals surface area contributed by atoms with Crippen molar-refractivity contribution in [3.63, 3.8) is 0 Å². The lowest BCUT2D eigenvalue weighted by molar-refractivity contribution is 0.0331. The Morgan fingerprint density at radius 3 is 2.79 bits per heavy atom. The summed E-state index contributed by atoms with van der Waals surface area (Å²) in [5.41, 5.74) is 0.905. The van der Waals surface area contributed by atoms with E-state index in [4.69, 9.17) is 19.4 Å². The van der Waals surface area contributed by atoms with E-state index in [-0.39, 0.29) is 5.97 Å². The number of nitrogens with zero attached hydrogens (tertiary/aromatic N) is 3. The Hall–Kier alpha value is -1.77. The number of hydrogen-bond acceptors (Lipinski definition) is 8. The number of ether oxygens (including phenoxy) is 2. The predicted molar refractivity (Wildman–Crippen MR) is 110 cm³/mol. The Morgan fingerprint density at radius 1 is 1.36 bits per heavy atom. The number of aromatic nitrogens is 2. The molecule has 2 aromatic heterocycles. The third kappa shape index (κ3) is 4.14. The van der Waals surface area contributed by atoms with Gasteiger partial charge in [0.15, 0.2) is 0 Å². The molecule has 1 aliphatic heterocycles. The second kappa shape index (κ2) is 8.31. The van der Waals surface area contributed by atoms with Crippen LogP contribution in [-0.4, -0.2) is 59.8 Å². The Morgan fingerprint density at radius 2 is 2.11 bits per heavy atom. The largest absolute Gasteiger partial charge is 0.462 e. The minimum Gasteiger partial charge on any atom is -0.462 e. The highest BCUT2D eigenvalue weighted by molar-refractivity contribution is 7.20. The summed E-state index contributed by atoms with van der Waals surface area (Å²) in [5, 5.41) is 4.56. The van der Waals surface area contributed by atoms with Crippen LogP contribution in [-0.2, 0) is 16.0 Å². The van der Waals surface area contributed by atoms with Crippen molar-refractivity contribution < 1.29 is 14.3 Å². The third-order valence-corrected chi connectivity index (χ3v) is 6.63. The molecule has 1 aliphatic carbocycles. The molecule has 28 heavy (non-hydrogen) atoms. The van der Waals surface area contributed by atoms with E-state index in [1.165, 1.54) is 24.2 Å². The van der Waals surface area contributed by atoms with Gasteiger partial charge in [0.05, 0.1) is 31.8 Å². The second-order valence-corrected chi connectivity index (χ2v) is 8.60. The average molecular weight is 405 g/mol. The highest BCUT2D eigenvalue weighted by atomic mass is 32.1. The van der Waals surface area contributed by atoms with Gasteiger partial charge in [-0.2, -0.15) is 0 Å². The average Bonchev–Trinajstić information content (AvgIpc) is 3.47. The number of rotatable bonds is 7. The Bertz CT molecular complexity index is 859. The first-order valence-corrected chi connectivity index (χ1v) is 10.9. The van der Waals surface area contributed by atoms with E-state index in [9.17, 15) is 4.79 Å². The summed E-state index contributed by atoms with van der Waals surface area (Å²) >= 11 is 1.40. The quantitative estimate of drug-likeness (QED) is 0.710. The zero-order valence-electron chi connectivity index (χ0n) is 16.8. The van der Waals surface area contributed by atoms with Gasteiger partial charge in [0.1, 0.15) is 21.3 Å². The fourth-order valence-electron chi connectivity index (χ4n) is 3.64. The Labute approximate surface area is 169 Å². The molecule has 7 nitrogen and oxygen atoms in total. The van der Waals surface area contributed by atoms with E-state index in [0.717, 1.165) is 53.7 Å². The summed E-state index contributed by atoms with van der Waals surface area (Å²) in [4.78, 5) is 25.8. The maximum atomic E-state index is 12.4. The van der Waals surface area contributed by atoms with Gasteiger partial charge in [-0.3, -0.25) is 4.90 Å². The summed E-state index contributed by atoms with van der Waals surface area (Å²) < 4.78 is 10.7. The van der Waals surface area contributed by atoms with Gasteiger partial charge in [-0.05, 0) is 45.1 Å². The lowest BCUT2D eigenvalue weighted by Crippen LogP contribution is -2.36. The molecule has 1 saturated heterocycles. The molecule has 1 atom stereocenters. The van der Waals surface area contributed by atoms with Crippen LogP contribution in [0, 0.1) is 12.8 Å². The summed E-state index contributed by atoms with van der Waals surface area (Å²) in [6.07, 6.45) is 2.53. The van der Waals surface area contributed by atoms with Crippen LogP contribution in [0.1, 0.15) is 47.7 Å². The van der Waals surface area contributed by atoms with Crippen LogP contribution in [0.3, 0.4) is 0 Å². The molecular weight excluding hydrogens is 376 g/mol. The SMILES string of the molecule is CCOC(=O)c1sc2nc(CN3CCOCC3)nc(N[C@H](C)C3CC3)c2c1C. The number of morpholine rings is 1. The normalized spacial score (nSPS) is 19.0. The number of thiophene rings is 1. The van der Waals surface area contributed by atoms with E-state index in [1.807, 2.05) is 13.8 Å². The molecule has 4 rings (SSSR count). The number of anilines is 1. The molecular formula is C20H28N4O3S. The number of hydrogen-bond donors (Lipinski definition) is 1. The van der Waals surface area contributed by atoms with Crippen molar-refractivity contribution in [1.29, 1.82) is 0 Å². The number of carbonyl (C=O) groups excluding carboxylic acids is 1. The Kier molecular flexibility index (Phi) is 5.80. The van der Waals surface area contributed by atoms with Crippen LogP contribution in [0.2, 0.25) is 0 Å². The summed E-state index contributed by atoms with van der Waals surface area (Å²) in [6, 6.07) is 0.361. The van der Waals surface area contributed by atoms with Crippen molar-refractivity contribution in [1.82, 2.24) is 14.9 Å². The number of nitrogens with one attached hydrogen (secondary N) is 1. The molecule has 3 heterocycles. The first-order chi connectivity index (χ1) is 13.6. The van der Waals surface area contributed by atoms with Gasteiger partial charge in [0, 0.05) is 19.1 Å². The van der Waals surface area contributed by atoms with Gasteiger partial charge >= 0.3 is 5.97 Å². The van der Waals surface area contributed by atoms with Crippen molar-refractivity contribution in [3.8, 4) is 0 Å². The van der Waals surface area contributed by atoms with Crippen LogP contribution in [0.5, 0.6) is 0 Å². The van der Waals surface area contributed by atoms with E-state index in [2.05, 4.69) is 17.1 Å². The van der Waals surface area contributed by atoms with E-state index < -0.39 is 0 Å². The molecule has 0 unspecified atom stereocenters. The minimum absolute atomic E-state index is 0.279. The molecule has 1 N–H and O–H groups in total. The molecule has 1 saturated carbocycles. The number of fused-ring (bicyclic) bond motifs is 1. The van der Waals surface area contributed by atoms with Gasteiger partial charge in [-0.25, -0.2) is 14.8 Å². The number of esters is 1. The predicted octanol–water partition coefficient (Wildman–Crippen LogP) is 3.22. The van der Waals surface area contributed by atoms with Gasteiger partial charge in [0.2, 0.25) is 0 Å². The number of aryl methyl sites for hydroxylation is 1. The zero-order chi connectivity index (χ0) is 19.7. The lowest BCUT2D eigenvalue weighted by Gasteiger charge is -2.26. The van der Waals surface area contributed by atoms with Gasteiger partial charge in [-0.1, -0.05) is 0 Å². The Balaban J connectivity index is 1.70. The molecule has 0 bridgehead atoms. The smallest absolute Gasteiger partial charge is 0.348 e. The van der Waals surface area contributed by atoms with Gasteiger partial charge in [-0.15, -0.1) is 11.3 Å². The maximum absolute atomic E-state index is 12.4. The van der Waals surface area contributed by atoms with E-state index in [0.29, 0.717) is 30.0 Å². The summed E-state index contributed by atoms with van der Waals surface area (Å²) in [5.74, 6) is 2.06. The van der Waals surface area contributed by atoms with Crippen molar-refractivity contribution in [3.05, 3.63) is 16.3 Å². The molecule has 0 aromatic carbocycles. The number of carbonyl (C=O) groups is 1. The third-order valence-electron chi connectivity index (χ3n) is 5.46. The topological polar surface area (TPSA) is 76.6 Å². The first kappa shape index (κ1) is 19.5. The fourth-order valence-corrected chi connectivity index (χ4v) is 4.73. The van der Waals surface area contributed by atoms with Crippen LogP contribution in [0.15, 0.2) is 0 Å². The first-order valence-electron chi connectivity index (χ1n) is 10.1. The van der Waals surface area contributed by atoms with E-state index >= 15 is 0 Å². The molecule has 2 aromatic rings. The van der Waals surface area contributed by atoms with Crippen molar-refractivity contribution in [2.45, 2.75) is 46.2 Å². The molecule has 0 amide bonds. The van der Waals surface area contributed by atoms with Crippen LogP contribution in [0.25, 0.3) is 10.2 Å². The second-order valence-electron chi connectivity index (χ2n) is 7.60. The molecule has 2 aliphatic rings. The van der Waals surface area contributed by atoms with Gasteiger partial charge < -0.3 is 14.8 Å². The molecule has 152 valence electrons. The molecule has 8 heteroatoms. The van der Waals surface area contributed by atoms with Crippen molar-refractivity contribution in [2.75, 3.05) is 38.2 Å². The highest BCUT2D eigenvalue weighted by Crippen LogP contribution is 2.38. The van der Waals surface area contributed by atoms with Gasteiger partial charge in [0.25, 0.3) is 0 Å². The van der Waals surface area contributed by atoms with E-state index in [1.54, 1.807) is 0 Å². The molecule has 0 spiro atoms. The molecule has 0 radical (unpaired) electrons. The maximum Gasteiger partial charge on any atom is 0.348 e. The molecule has 2 fully saturated rings. The monoisotopic (exact) mass is 404 g/mol. The standard InChI is InChI=1S/C20H28N4O3S/c1-4-27-20(25)17-12(2)16-18(21-13(3)14-5-6-14)22-15(23-19(16)28-17)11-24-7-9-26-10-8-24/h13-14H,4-11H2,1-3H3,(H,21,22,23)/t13-/m1/s1. The van der Waals surface area contributed by atoms with Crippen LogP contribution < -0.4 is 5.32 Å².